The van der Waals surface area contributed by atoms with Crippen molar-refractivity contribution in [1.82, 2.24) is 9.88 Å². The van der Waals surface area contributed by atoms with Gasteiger partial charge in [-0.25, -0.2) is 4.39 Å². The van der Waals surface area contributed by atoms with E-state index in [0.29, 0.717) is 23.7 Å². The summed E-state index contributed by atoms with van der Waals surface area (Å²) < 4.78 is 13.5. The van der Waals surface area contributed by atoms with Crippen molar-refractivity contribution in [2.45, 2.75) is 44.9 Å². The molecule has 0 spiro atoms. The minimum atomic E-state index is -0.238. The number of carbonyl (C=O) groups is 1. The molecule has 1 aliphatic heterocycles. The van der Waals surface area contributed by atoms with E-state index in [2.05, 4.69) is 22.0 Å². The maximum atomic E-state index is 13.5. The molecule has 31 heavy (non-hydrogen) atoms. The van der Waals surface area contributed by atoms with Gasteiger partial charge in [-0.1, -0.05) is 43.5 Å². The molecule has 1 amide bonds. The SMILES string of the molecule is O=C([C@H]1C[C@H]2CCCC[C@H]2[C@@H]1/C=C/c1ccc(-c2cccc(F)c2)cn1)N1CCCC1. The minimum Gasteiger partial charge on any atom is -0.342 e. The van der Waals surface area contributed by atoms with Crippen molar-refractivity contribution in [2.75, 3.05) is 13.1 Å². The van der Waals surface area contributed by atoms with Gasteiger partial charge < -0.3 is 4.90 Å². The second kappa shape index (κ2) is 8.94. The number of benzene rings is 1. The topological polar surface area (TPSA) is 33.2 Å². The van der Waals surface area contributed by atoms with Gasteiger partial charge in [0.2, 0.25) is 5.91 Å². The van der Waals surface area contributed by atoms with Gasteiger partial charge in [0, 0.05) is 30.8 Å². The molecule has 4 heteroatoms. The molecular formula is C27H31FN2O. The zero-order valence-corrected chi connectivity index (χ0v) is 18.1. The zero-order valence-electron chi connectivity index (χ0n) is 18.1. The molecule has 5 rings (SSSR count). The third kappa shape index (κ3) is 4.30. The maximum Gasteiger partial charge on any atom is 0.226 e. The van der Waals surface area contributed by atoms with Crippen LogP contribution in [0.5, 0.6) is 0 Å². The highest BCUT2D eigenvalue weighted by Crippen LogP contribution is 2.50. The smallest absolute Gasteiger partial charge is 0.226 e. The van der Waals surface area contributed by atoms with Gasteiger partial charge in [0.1, 0.15) is 5.82 Å². The Kier molecular flexibility index (Phi) is 5.89. The summed E-state index contributed by atoms with van der Waals surface area (Å²) >= 11 is 0. The number of likely N-dealkylation sites (tertiary alicyclic amines) is 1. The third-order valence-corrected chi connectivity index (χ3v) is 7.65. The molecule has 1 aromatic heterocycles. The van der Waals surface area contributed by atoms with Crippen LogP contribution in [0.4, 0.5) is 4.39 Å². The Balaban J connectivity index is 1.35. The van der Waals surface area contributed by atoms with Crippen molar-refractivity contribution in [3.63, 3.8) is 0 Å². The number of halogens is 1. The molecule has 2 saturated carbocycles. The molecule has 2 heterocycles. The lowest BCUT2D eigenvalue weighted by molar-refractivity contribution is -0.135. The summed E-state index contributed by atoms with van der Waals surface area (Å²) in [6.45, 7) is 1.87. The van der Waals surface area contributed by atoms with Crippen molar-refractivity contribution in [1.29, 1.82) is 0 Å². The van der Waals surface area contributed by atoms with Crippen LogP contribution in [-0.4, -0.2) is 28.9 Å². The average molecular weight is 419 g/mol. The Morgan fingerprint density at radius 1 is 1.03 bits per heavy atom. The summed E-state index contributed by atoms with van der Waals surface area (Å²) in [5.74, 6) is 1.93. The Morgan fingerprint density at radius 2 is 1.87 bits per heavy atom. The number of fused-ring (bicyclic) bond motifs is 1. The molecular weight excluding hydrogens is 387 g/mol. The number of aromatic nitrogens is 1. The lowest BCUT2D eigenvalue weighted by Crippen LogP contribution is -2.35. The lowest BCUT2D eigenvalue weighted by Gasteiger charge is -2.29. The van der Waals surface area contributed by atoms with Crippen LogP contribution in [0.25, 0.3) is 17.2 Å². The maximum absolute atomic E-state index is 13.5. The molecule has 0 radical (unpaired) electrons. The predicted octanol–water partition coefficient (Wildman–Crippen LogP) is 5.97. The van der Waals surface area contributed by atoms with E-state index in [1.165, 1.54) is 37.8 Å². The average Bonchev–Trinajstić information content (AvgIpc) is 3.46. The second-order valence-corrected chi connectivity index (χ2v) is 9.50. The van der Waals surface area contributed by atoms with Gasteiger partial charge in [0.15, 0.2) is 0 Å². The Bertz CT molecular complexity index is 948. The molecule has 2 aromatic rings. The Morgan fingerprint density at radius 3 is 2.65 bits per heavy atom. The summed E-state index contributed by atoms with van der Waals surface area (Å²) in [5.41, 5.74) is 2.64. The summed E-state index contributed by atoms with van der Waals surface area (Å²) in [4.78, 5) is 20.0. The fraction of sp³-hybridized carbons (Fsp3) is 0.481. The third-order valence-electron chi connectivity index (χ3n) is 7.65. The largest absolute Gasteiger partial charge is 0.342 e. The Labute approximate surface area is 184 Å². The first kappa shape index (κ1) is 20.4. The van der Waals surface area contributed by atoms with E-state index in [1.807, 2.05) is 18.2 Å². The number of allylic oxidation sites excluding steroid dienone is 1. The highest BCUT2D eigenvalue weighted by molar-refractivity contribution is 5.80. The van der Waals surface area contributed by atoms with Crippen molar-refractivity contribution in [3.05, 3.63) is 60.2 Å². The standard InChI is InChI=1S/C27H31FN2O/c28-22-8-5-7-19(16-22)21-10-11-23(29-18-21)12-13-25-24-9-2-1-6-20(24)17-26(25)27(31)30-14-3-4-15-30/h5,7-8,10-13,16,18,20,24-26H,1-4,6,9,14-15,17H2/b13-12+/t20-,24-,25+,26+/m1/s1. The summed E-state index contributed by atoms with van der Waals surface area (Å²) in [6, 6.07) is 10.6. The monoisotopic (exact) mass is 418 g/mol. The van der Waals surface area contributed by atoms with E-state index in [-0.39, 0.29) is 11.7 Å². The van der Waals surface area contributed by atoms with Gasteiger partial charge in [0.05, 0.1) is 5.69 Å². The van der Waals surface area contributed by atoms with E-state index in [0.717, 1.165) is 49.2 Å². The molecule has 3 nitrogen and oxygen atoms in total. The van der Waals surface area contributed by atoms with Gasteiger partial charge in [-0.05, 0) is 73.3 Å². The molecule has 1 saturated heterocycles. The molecule has 0 unspecified atom stereocenters. The van der Waals surface area contributed by atoms with Crippen LogP contribution < -0.4 is 0 Å². The summed E-state index contributed by atoms with van der Waals surface area (Å²) in [6.07, 6.45) is 14.7. The summed E-state index contributed by atoms with van der Waals surface area (Å²) in [5, 5.41) is 0. The first-order valence-electron chi connectivity index (χ1n) is 11.9. The van der Waals surface area contributed by atoms with Crippen molar-refractivity contribution in [3.8, 4) is 11.1 Å². The fourth-order valence-electron chi connectivity index (χ4n) is 6.08. The first-order valence-corrected chi connectivity index (χ1v) is 11.9. The predicted molar refractivity (Wildman–Crippen MR) is 122 cm³/mol. The molecule has 3 aliphatic rings. The second-order valence-electron chi connectivity index (χ2n) is 9.50. The van der Waals surface area contributed by atoms with Crippen LogP contribution in [0, 0.1) is 29.5 Å². The molecule has 3 fully saturated rings. The van der Waals surface area contributed by atoms with Gasteiger partial charge in [-0.3, -0.25) is 9.78 Å². The zero-order chi connectivity index (χ0) is 21.2. The van der Waals surface area contributed by atoms with Crippen LogP contribution in [0.1, 0.15) is 50.6 Å². The number of amides is 1. The molecule has 0 bridgehead atoms. The van der Waals surface area contributed by atoms with Gasteiger partial charge in [0.25, 0.3) is 0 Å². The minimum absolute atomic E-state index is 0.133. The van der Waals surface area contributed by atoms with Gasteiger partial charge in [-0.2, -0.15) is 0 Å². The molecule has 4 atom stereocenters. The molecule has 0 N–H and O–H groups in total. The highest BCUT2D eigenvalue weighted by Gasteiger charge is 2.46. The van der Waals surface area contributed by atoms with Crippen molar-refractivity contribution in [2.24, 2.45) is 23.7 Å². The first-order chi connectivity index (χ1) is 15.2. The molecule has 162 valence electrons. The summed E-state index contributed by atoms with van der Waals surface area (Å²) in [7, 11) is 0. The normalized spacial score (nSPS) is 28.2. The van der Waals surface area contributed by atoms with Crippen molar-refractivity contribution < 1.29 is 9.18 Å². The quantitative estimate of drug-likeness (QED) is 0.613. The number of pyridine rings is 1. The number of carbonyl (C=O) groups excluding carboxylic acids is 1. The van der Waals surface area contributed by atoms with Gasteiger partial charge >= 0.3 is 0 Å². The highest BCUT2D eigenvalue weighted by atomic mass is 19.1. The van der Waals surface area contributed by atoms with Crippen LogP contribution in [-0.2, 0) is 4.79 Å². The number of hydrogen-bond donors (Lipinski definition) is 0. The van der Waals surface area contributed by atoms with Crippen LogP contribution in [0.2, 0.25) is 0 Å². The number of hydrogen-bond acceptors (Lipinski definition) is 2. The number of rotatable bonds is 4. The van der Waals surface area contributed by atoms with Crippen molar-refractivity contribution >= 4 is 12.0 Å². The van der Waals surface area contributed by atoms with E-state index < -0.39 is 0 Å². The van der Waals surface area contributed by atoms with Crippen LogP contribution >= 0.6 is 0 Å². The van der Waals surface area contributed by atoms with Gasteiger partial charge in [-0.15, -0.1) is 0 Å². The van der Waals surface area contributed by atoms with Crippen LogP contribution in [0.15, 0.2) is 48.7 Å². The molecule has 2 aliphatic carbocycles. The fourth-order valence-corrected chi connectivity index (χ4v) is 6.08. The van der Waals surface area contributed by atoms with E-state index in [1.54, 1.807) is 12.3 Å². The van der Waals surface area contributed by atoms with Crippen LogP contribution in [0.3, 0.4) is 0 Å². The Hall–Kier alpha value is -2.49. The molecule has 1 aromatic carbocycles. The van der Waals surface area contributed by atoms with E-state index >= 15 is 0 Å². The number of nitrogens with zero attached hydrogens (tertiary/aromatic N) is 2. The van der Waals surface area contributed by atoms with E-state index in [9.17, 15) is 9.18 Å². The van der Waals surface area contributed by atoms with E-state index in [4.69, 9.17) is 0 Å². The lowest BCUT2D eigenvalue weighted by atomic mass is 9.77.